The molecule has 0 atom stereocenters. The molecule has 0 aliphatic heterocycles. The number of nitrogens with zero attached hydrogens (tertiary/aromatic N) is 1. The summed E-state index contributed by atoms with van der Waals surface area (Å²) in [6.45, 7) is 9.38. The Morgan fingerprint density at radius 3 is 2.40 bits per heavy atom. The highest BCUT2D eigenvalue weighted by Crippen LogP contribution is 1.92. The third-order valence-electron chi connectivity index (χ3n) is 2.40. The van der Waals surface area contributed by atoms with E-state index in [1.165, 1.54) is 0 Å². The van der Waals surface area contributed by atoms with Gasteiger partial charge in [-0.1, -0.05) is 13.8 Å². The van der Waals surface area contributed by atoms with Gasteiger partial charge in [-0.05, 0) is 12.3 Å². The largest absolute Gasteiger partial charge is 0.382 e. The summed E-state index contributed by atoms with van der Waals surface area (Å²) in [5.41, 5.74) is 0. The summed E-state index contributed by atoms with van der Waals surface area (Å²) in [6, 6.07) is 0. The maximum atomic E-state index is 5.51. The molecule has 0 saturated carbocycles. The molecule has 0 rings (SSSR count). The molecule has 0 spiro atoms. The van der Waals surface area contributed by atoms with Crippen molar-refractivity contribution in [1.29, 1.82) is 0 Å². The second-order valence-corrected chi connectivity index (χ2v) is 4.85. The molecule has 0 aliphatic carbocycles. The molecule has 6 heteroatoms. The minimum absolute atomic E-state index is 0.593. The van der Waals surface area contributed by atoms with Gasteiger partial charge in [-0.2, -0.15) is 0 Å². The van der Waals surface area contributed by atoms with Crippen LogP contribution in [0.5, 0.6) is 0 Å². The van der Waals surface area contributed by atoms with Gasteiger partial charge in [0.2, 0.25) is 0 Å². The first-order valence-electron chi connectivity index (χ1n) is 7.29. The van der Waals surface area contributed by atoms with Crippen LogP contribution in [-0.4, -0.2) is 66.2 Å². The fourth-order valence-electron chi connectivity index (χ4n) is 1.41. The van der Waals surface area contributed by atoms with Crippen LogP contribution in [-0.2, 0) is 14.2 Å². The van der Waals surface area contributed by atoms with Crippen LogP contribution in [0.2, 0.25) is 0 Å². The van der Waals surface area contributed by atoms with Crippen LogP contribution in [0.1, 0.15) is 20.3 Å². The first-order chi connectivity index (χ1) is 9.70. The Hall–Kier alpha value is -0.850. The molecule has 0 unspecified atom stereocenters. The van der Waals surface area contributed by atoms with Crippen molar-refractivity contribution >= 4 is 5.96 Å². The highest BCUT2D eigenvalue weighted by molar-refractivity contribution is 5.79. The summed E-state index contributed by atoms with van der Waals surface area (Å²) >= 11 is 0. The number of methoxy groups -OCH3 is 1. The normalized spacial score (nSPS) is 11.9. The maximum Gasteiger partial charge on any atom is 0.191 e. The first-order valence-corrected chi connectivity index (χ1v) is 7.29. The van der Waals surface area contributed by atoms with Gasteiger partial charge in [-0.3, -0.25) is 4.99 Å². The zero-order valence-corrected chi connectivity index (χ0v) is 13.4. The van der Waals surface area contributed by atoms with E-state index in [4.69, 9.17) is 14.2 Å². The molecule has 0 aromatic heterocycles. The van der Waals surface area contributed by atoms with Gasteiger partial charge in [0.15, 0.2) is 5.96 Å². The Kier molecular flexibility index (Phi) is 13.9. The summed E-state index contributed by atoms with van der Waals surface area (Å²) in [5.74, 6) is 1.39. The number of guanidine groups is 1. The minimum Gasteiger partial charge on any atom is -0.382 e. The number of ether oxygens (including phenoxy) is 3. The van der Waals surface area contributed by atoms with Crippen molar-refractivity contribution in [2.75, 3.05) is 60.3 Å². The van der Waals surface area contributed by atoms with Crippen LogP contribution in [0.3, 0.4) is 0 Å². The molecule has 0 aromatic carbocycles. The minimum atomic E-state index is 0.593. The molecular formula is C14H31N3O3. The molecule has 0 fully saturated rings. The zero-order valence-electron chi connectivity index (χ0n) is 13.4. The molecule has 0 aliphatic rings. The standard InChI is InChI=1S/C14H31N3O3/c1-13(2)12-20-8-5-6-16-14(15-3)17-7-9-19-11-10-18-4/h13H,5-12H2,1-4H3,(H2,15,16,17). The van der Waals surface area contributed by atoms with Crippen LogP contribution in [0.25, 0.3) is 0 Å². The summed E-state index contributed by atoms with van der Waals surface area (Å²) < 4.78 is 15.8. The van der Waals surface area contributed by atoms with Gasteiger partial charge in [0.1, 0.15) is 0 Å². The van der Waals surface area contributed by atoms with Crippen LogP contribution >= 0.6 is 0 Å². The third kappa shape index (κ3) is 13.6. The van der Waals surface area contributed by atoms with E-state index in [1.807, 2.05) is 0 Å². The molecule has 0 aromatic rings. The molecule has 6 nitrogen and oxygen atoms in total. The Morgan fingerprint density at radius 2 is 1.75 bits per heavy atom. The van der Waals surface area contributed by atoms with Crippen molar-refractivity contribution in [3.05, 3.63) is 0 Å². The average molecular weight is 289 g/mol. The lowest BCUT2D eigenvalue weighted by atomic mass is 10.2. The van der Waals surface area contributed by atoms with E-state index in [9.17, 15) is 0 Å². The Balaban J connectivity index is 3.39. The smallest absolute Gasteiger partial charge is 0.191 e. The highest BCUT2D eigenvalue weighted by Gasteiger charge is 1.97. The predicted molar refractivity (Wildman–Crippen MR) is 82.3 cm³/mol. The van der Waals surface area contributed by atoms with Gasteiger partial charge in [0.25, 0.3) is 0 Å². The van der Waals surface area contributed by atoms with Crippen molar-refractivity contribution in [2.24, 2.45) is 10.9 Å². The monoisotopic (exact) mass is 289 g/mol. The molecule has 0 radical (unpaired) electrons. The van der Waals surface area contributed by atoms with Gasteiger partial charge in [-0.25, -0.2) is 0 Å². The third-order valence-corrected chi connectivity index (χ3v) is 2.40. The zero-order chi connectivity index (χ0) is 15.1. The predicted octanol–water partition coefficient (Wildman–Crippen LogP) is 0.877. The van der Waals surface area contributed by atoms with E-state index >= 15 is 0 Å². The summed E-state index contributed by atoms with van der Waals surface area (Å²) in [5, 5.41) is 6.43. The average Bonchev–Trinajstić information content (AvgIpc) is 2.43. The van der Waals surface area contributed by atoms with E-state index in [1.54, 1.807) is 14.2 Å². The van der Waals surface area contributed by atoms with E-state index in [0.717, 1.165) is 38.7 Å². The number of hydrogen-bond donors (Lipinski definition) is 2. The maximum absolute atomic E-state index is 5.51. The van der Waals surface area contributed by atoms with Crippen molar-refractivity contribution in [2.45, 2.75) is 20.3 Å². The van der Waals surface area contributed by atoms with E-state index in [0.29, 0.717) is 25.7 Å². The fourth-order valence-corrected chi connectivity index (χ4v) is 1.41. The highest BCUT2D eigenvalue weighted by atomic mass is 16.5. The quantitative estimate of drug-likeness (QED) is 0.317. The molecule has 0 amide bonds. The second kappa shape index (κ2) is 14.6. The summed E-state index contributed by atoms with van der Waals surface area (Å²) in [6.07, 6.45) is 0.970. The Labute approximate surface area is 123 Å². The molecule has 0 bridgehead atoms. The SMILES string of the molecule is CN=C(NCCCOCC(C)C)NCCOCCOC. The lowest BCUT2D eigenvalue weighted by molar-refractivity contribution is 0.0733. The van der Waals surface area contributed by atoms with Gasteiger partial charge in [-0.15, -0.1) is 0 Å². The molecule has 0 saturated heterocycles. The molecule has 2 N–H and O–H groups in total. The van der Waals surface area contributed by atoms with Crippen LogP contribution in [0, 0.1) is 5.92 Å². The van der Waals surface area contributed by atoms with Crippen molar-refractivity contribution in [3.63, 3.8) is 0 Å². The van der Waals surface area contributed by atoms with Gasteiger partial charge >= 0.3 is 0 Å². The van der Waals surface area contributed by atoms with Crippen LogP contribution in [0.15, 0.2) is 4.99 Å². The number of rotatable bonds is 12. The lowest BCUT2D eigenvalue weighted by Crippen LogP contribution is -2.39. The van der Waals surface area contributed by atoms with Gasteiger partial charge in [0.05, 0.1) is 19.8 Å². The fraction of sp³-hybridized carbons (Fsp3) is 0.929. The second-order valence-electron chi connectivity index (χ2n) is 4.85. The lowest BCUT2D eigenvalue weighted by Gasteiger charge is -2.12. The van der Waals surface area contributed by atoms with Crippen LogP contribution in [0.4, 0.5) is 0 Å². The summed E-state index contributed by atoms with van der Waals surface area (Å²) in [4.78, 5) is 4.14. The topological polar surface area (TPSA) is 64.1 Å². The Bertz CT molecular complexity index is 236. The molecule has 20 heavy (non-hydrogen) atoms. The molecular weight excluding hydrogens is 258 g/mol. The number of aliphatic imine (C=N–C) groups is 1. The van der Waals surface area contributed by atoms with Crippen molar-refractivity contribution < 1.29 is 14.2 Å². The first kappa shape index (κ1) is 19.1. The van der Waals surface area contributed by atoms with Crippen LogP contribution < -0.4 is 10.6 Å². The van der Waals surface area contributed by atoms with E-state index in [-0.39, 0.29) is 0 Å². The van der Waals surface area contributed by atoms with E-state index < -0.39 is 0 Å². The van der Waals surface area contributed by atoms with E-state index in [2.05, 4.69) is 29.5 Å². The summed E-state index contributed by atoms with van der Waals surface area (Å²) in [7, 11) is 3.43. The number of nitrogens with one attached hydrogen (secondary N) is 2. The molecule has 0 heterocycles. The van der Waals surface area contributed by atoms with Crippen molar-refractivity contribution in [1.82, 2.24) is 10.6 Å². The Morgan fingerprint density at radius 1 is 1.00 bits per heavy atom. The molecule has 120 valence electrons. The van der Waals surface area contributed by atoms with Crippen molar-refractivity contribution in [3.8, 4) is 0 Å². The van der Waals surface area contributed by atoms with Gasteiger partial charge in [0, 0.05) is 40.5 Å². The van der Waals surface area contributed by atoms with Gasteiger partial charge < -0.3 is 24.8 Å². The number of hydrogen-bond acceptors (Lipinski definition) is 4.